The van der Waals surface area contributed by atoms with Crippen molar-refractivity contribution in [2.45, 2.75) is 28.9 Å². The maximum absolute atomic E-state index is 13.2. The smallest absolute Gasteiger partial charge is 0.265 e. The fraction of sp³-hybridized carbons (Fsp3) is 0.471. The highest BCUT2D eigenvalue weighted by Gasteiger charge is 2.52. The van der Waals surface area contributed by atoms with Crippen LogP contribution in [-0.2, 0) is 30.6 Å². The molecule has 1 saturated heterocycles. The molecule has 1 fully saturated rings. The molecule has 2 heterocycles. The number of nitrogens with one attached hydrogen (secondary N) is 3. The van der Waals surface area contributed by atoms with Gasteiger partial charge in [0.2, 0.25) is 5.91 Å². The molecule has 0 atom stereocenters. The number of H-pyrrole nitrogens is 1. The van der Waals surface area contributed by atoms with Gasteiger partial charge in [0.15, 0.2) is 20.4 Å². The van der Waals surface area contributed by atoms with Crippen LogP contribution in [0.5, 0.6) is 5.75 Å². The lowest BCUT2D eigenvalue weighted by Crippen LogP contribution is -2.54. The van der Waals surface area contributed by atoms with Gasteiger partial charge in [-0.3, -0.25) is 14.8 Å². The van der Waals surface area contributed by atoms with Gasteiger partial charge in [-0.05, 0) is 37.1 Å². The summed E-state index contributed by atoms with van der Waals surface area (Å²) in [5, 5.41) is 24.7. The molecule has 13 nitrogen and oxygen atoms in total. The minimum Gasteiger partial charge on any atom is -0.492 e. The van der Waals surface area contributed by atoms with E-state index in [0.717, 1.165) is 0 Å². The molecule has 0 saturated carbocycles. The topological polar surface area (TPSA) is 185 Å². The number of ether oxygens (including phenoxy) is 2. The molecule has 2 amide bonds. The molecule has 14 heteroatoms. The predicted octanol–water partition coefficient (Wildman–Crippen LogP) is -1.23. The van der Waals surface area contributed by atoms with E-state index in [0.29, 0.717) is 5.75 Å². The van der Waals surface area contributed by atoms with Gasteiger partial charge in [0.1, 0.15) is 12.4 Å². The fourth-order valence-corrected chi connectivity index (χ4v) is 5.12. The Morgan fingerprint density at radius 2 is 1.94 bits per heavy atom. The maximum atomic E-state index is 13.2. The number of carbonyl (C=O) groups is 2. The average molecular weight is 454 g/mol. The number of hydrogen-bond acceptors (Lipinski definition) is 10. The number of hydroxylamine groups is 1. The molecule has 0 radical (unpaired) electrons. The molecular weight excluding hydrogens is 432 g/mol. The Balaban J connectivity index is 1.57. The van der Waals surface area contributed by atoms with Gasteiger partial charge < -0.3 is 14.8 Å². The van der Waals surface area contributed by atoms with Crippen molar-refractivity contribution < 1.29 is 32.7 Å². The second-order valence-corrected chi connectivity index (χ2v) is 8.99. The first-order chi connectivity index (χ1) is 14.9. The minimum absolute atomic E-state index is 0.0166. The zero-order valence-electron chi connectivity index (χ0n) is 16.4. The van der Waals surface area contributed by atoms with E-state index in [2.05, 4.69) is 25.9 Å². The van der Waals surface area contributed by atoms with Crippen LogP contribution < -0.4 is 15.5 Å². The van der Waals surface area contributed by atoms with Crippen LogP contribution in [0.4, 0.5) is 0 Å². The molecule has 3 rings (SSSR count). The van der Waals surface area contributed by atoms with Gasteiger partial charge >= 0.3 is 0 Å². The predicted molar refractivity (Wildman–Crippen MR) is 103 cm³/mol. The molecule has 4 N–H and O–H groups in total. The van der Waals surface area contributed by atoms with Crippen molar-refractivity contribution in [3.63, 3.8) is 0 Å². The second kappa shape index (κ2) is 9.80. The first kappa shape index (κ1) is 22.6. The van der Waals surface area contributed by atoms with Gasteiger partial charge in [0.25, 0.3) is 5.91 Å². The molecule has 0 unspecified atom stereocenters. The number of carbonyl (C=O) groups excluding carboxylic acids is 2. The average Bonchev–Trinajstić information content (AvgIpc) is 3.29. The van der Waals surface area contributed by atoms with Gasteiger partial charge in [0.05, 0.1) is 17.9 Å². The molecule has 0 bridgehead atoms. The lowest BCUT2D eigenvalue weighted by Gasteiger charge is -2.34. The van der Waals surface area contributed by atoms with Crippen molar-refractivity contribution >= 4 is 21.7 Å². The number of aromatic amines is 1. The Kier molecular flexibility index (Phi) is 7.14. The number of rotatable bonds is 9. The van der Waals surface area contributed by atoms with Crippen LogP contribution in [0.1, 0.15) is 18.7 Å². The SMILES string of the molecule is O=C(Cc1nn[nH]n1)NCCOc1ccc(S(=O)(=O)C2(C(=O)NO)CCOCC2)cc1. The molecule has 0 aliphatic carbocycles. The first-order valence-electron chi connectivity index (χ1n) is 9.38. The quantitative estimate of drug-likeness (QED) is 0.203. The van der Waals surface area contributed by atoms with Crippen molar-refractivity contribution in [2.24, 2.45) is 0 Å². The van der Waals surface area contributed by atoms with Crippen molar-refractivity contribution in [3.8, 4) is 5.75 Å². The van der Waals surface area contributed by atoms with Crippen LogP contribution in [0.2, 0.25) is 0 Å². The van der Waals surface area contributed by atoms with E-state index in [-0.39, 0.29) is 62.3 Å². The van der Waals surface area contributed by atoms with E-state index in [9.17, 15) is 18.0 Å². The molecule has 168 valence electrons. The summed E-state index contributed by atoms with van der Waals surface area (Å²) in [4.78, 5) is 23.9. The van der Waals surface area contributed by atoms with Gasteiger partial charge in [-0.2, -0.15) is 5.21 Å². The van der Waals surface area contributed by atoms with Gasteiger partial charge in [-0.1, -0.05) is 5.21 Å². The summed E-state index contributed by atoms with van der Waals surface area (Å²) in [6.07, 6.45) is -0.148. The van der Waals surface area contributed by atoms with Gasteiger partial charge in [-0.15, -0.1) is 10.2 Å². The number of sulfone groups is 1. The molecule has 1 aliphatic heterocycles. The summed E-state index contributed by atoms with van der Waals surface area (Å²) < 4.78 is 35.2. The third-order valence-corrected chi connectivity index (χ3v) is 7.38. The van der Waals surface area contributed by atoms with E-state index in [1.165, 1.54) is 29.7 Å². The fourth-order valence-electron chi connectivity index (χ4n) is 3.18. The summed E-state index contributed by atoms with van der Waals surface area (Å²) in [7, 11) is -4.10. The molecule has 2 aromatic rings. The summed E-state index contributed by atoms with van der Waals surface area (Å²) in [5.41, 5.74) is 1.47. The number of aromatic nitrogens is 4. The highest BCUT2D eigenvalue weighted by Crippen LogP contribution is 2.35. The minimum atomic E-state index is -4.10. The third kappa shape index (κ3) is 4.98. The molecule has 0 spiro atoms. The molecule has 1 aliphatic rings. The highest BCUT2D eigenvalue weighted by molar-refractivity contribution is 7.93. The van der Waals surface area contributed by atoms with E-state index >= 15 is 0 Å². The normalized spacial score (nSPS) is 15.8. The van der Waals surface area contributed by atoms with Crippen molar-refractivity contribution in [1.82, 2.24) is 31.4 Å². The Morgan fingerprint density at radius 3 is 2.55 bits per heavy atom. The zero-order valence-corrected chi connectivity index (χ0v) is 17.2. The number of amides is 2. The standard InChI is InChI=1S/C17H22N6O7S/c24-15(11-14-19-22-23-20-14)18-7-10-30-12-1-3-13(4-2-12)31(27,28)17(16(25)21-26)5-8-29-9-6-17/h1-4,26H,5-11H2,(H,18,24)(H,21,25)(H,19,20,22,23). The largest absolute Gasteiger partial charge is 0.492 e. The van der Waals surface area contributed by atoms with E-state index in [1.54, 1.807) is 0 Å². The summed E-state index contributed by atoms with van der Waals surface area (Å²) in [5.74, 6) is -0.616. The van der Waals surface area contributed by atoms with E-state index < -0.39 is 20.5 Å². The number of nitrogens with zero attached hydrogens (tertiary/aromatic N) is 3. The van der Waals surface area contributed by atoms with Gasteiger partial charge in [0, 0.05) is 13.2 Å². The highest BCUT2D eigenvalue weighted by atomic mass is 32.2. The van der Waals surface area contributed by atoms with Crippen molar-refractivity contribution in [3.05, 3.63) is 30.1 Å². The Bertz CT molecular complexity index is 988. The molecular formula is C17H22N6O7S. The van der Waals surface area contributed by atoms with Crippen molar-refractivity contribution in [1.29, 1.82) is 0 Å². The Labute approximate surface area is 177 Å². The van der Waals surface area contributed by atoms with Crippen LogP contribution >= 0.6 is 0 Å². The van der Waals surface area contributed by atoms with E-state index in [1.807, 2.05) is 0 Å². The summed E-state index contributed by atoms with van der Waals surface area (Å²) >= 11 is 0. The van der Waals surface area contributed by atoms with Crippen LogP contribution in [0.15, 0.2) is 29.2 Å². The molecule has 31 heavy (non-hydrogen) atoms. The second-order valence-electron chi connectivity index (χ2n) is 6.73. The summed E-state index contributed by atoms with van der Waals surface area (Å²) in [6, 6.07) is 5.58. The maximum Gasteiger partial charge on any atom is 0.265 e. The van der Waals surface area contributed by atoms with Crippen molar-refractivity contribution in [2.75, 3.05) is 26.4 Å². The Hall–Kier alpha value is -3.10. The van der Waals surface area contributed by atoms with Crippen LogP contribution in [0.3, 0.4) is 0 Å². The van der Waals surface area contributed by atoms with Crippen LogP contribution in [0.25, 0.3) is 0 Å². The zero-order chi connectivity index (χ0) is 22.3. The number of benzene rings is 1. The third-order valence-electron chi connectivity index (χ3n) is 4.87. The monoisotopic (exact) mass is 454 g/mol. The summed E-state index contributed by atoms with van der Waals surface area (Å²) in [6.45, 7) is 0.549. The lowest BCUT2D eigenvalue weighted by molar-refractivity contribution is -0.134. The molecule has 1 aromatic carbocycles. The number of tetrazole rings is 1. The van der Waals surface area contributed by atoms with Gasteiger partial charge in [-0.25, -0.2) is 13.9 Å². The van der Waals surface area contributed by atoms with E-state index in [4.69, 9.17) is 14.7 Å². The molecule has 1 aromatic heterocycles. The first-order valence-corrected chi connectivity index (χ1v) is 10.9. The number of hydrogen-bond donors (Lipinski definition) is 4. The van der Waals surface area contributed by atoms with Crippen LogP contribution in [-0.4, -0.2) is 77.2 Å². The lowest BCUT2D eigenvalue weighted by atomic mass is 9.98. The van der Waals surface area contributed by atoms with Crippen LogP contribution in [0, 0.1) is 0 Å². The Morgan fingerprint density at radius 1 is 1.23 bits per heavy atom.